The van der Waals surface area contributed by atoms with E-state index in [1.54, 1.807) is 18.3 Å². The molecule has 2 saturated heterocycles. The fraction of sp³-hybridized carbons (Fsp3) is 0.500. The summed E-state index contributed by atoms with van der Waals surface area (Å²) in [4.78, 5) is 25.0. The van der Waals surface area contributed by atoms with Gasteiger partial charge >= 0.3 is 0 Å². The number of nitrogens with zero attached hydrogens (tertiary/aromatic N) is 3. The average molecular weight is 359 g/mol. The molecule has 3 heterocycles. The molecule has 1 aromatic carbocycles. The Bertz CT molecular complexity index is 819. The zero-order valence-corrected chi connectivity index (χ0v) is 14.4. The van der Waals surface area contributed by atoms with Crippen LogP contribution < -0.4 is 0 Å². The summed E-state index contributed by atoms with van der Waals surface area (Å²) < 4.78 is 13.0. The smallest absolute Gasteiger partial charge is 0.270 e. The van der Waals surface area contributed by atoms with E-state index >= 15 is 0 Å². The number of aromatic nitrogens is 1. The highest BCUT2D eigenvalue weighted by molar-refractivity contribution is 5.85. The van der Waals surface area contributed by atoms with E-state index < -0.39 is 4.92 Å². The number of likely N-dealkylation sites (tertiary alicyclic amines) is 1. The van der Waals surface area contributed by atoms with Gasteiger partial charge < -0.3 is 18.9 Å². The summed E-state index contributed by atoms with van der Waals surface area (Å²) in [5.41, 5.74) is 0.881. The van der Waals surface area contributed by atoms with Gasteiger partial charge in [0.25, 0.3) is 5.69 Å². The molecule has 0 saturated carbocycles. The van der Waals surface area contributed by atoms with Crippen molar-refractivity contribution in [3.8, 4) is 0 Å². The lowest BCUT2D eigenvalue weighted by atomic mass is 9.96. The molecule has 1 aromatic heterocycles. The minimum absolute atomic E-state index is 0.0556. The summed E-state index contributed by atoms with van der Waals surface area (Å²) in [6.45, 7) is 2.96. The molecule has 2 aliphatic rings. The SMILES string of the molecule is O=C(Cn1ccc2cc([N+](=O)[O-])ccc21)N1CCC(C2OCCO2)CC1. The number of ether oxygens (including phenoxy) is 2. The second-order valence-electron chi connectivity index (χ2n) is 6.77. The molecule has 0 bridgehead atoms. The Balaban J connectivity index is 1.39. The number of hydrogen-bond donors (Lipinski definition) is 0. The van der Waals surface area contributed by atoms with E-state index in [9.17, 15) is 14.9 Å². The van der Waals surface area contributed by atoms with Crippen molar-refractivity contribution in [1.82, 2.24) is 9.47 Å². The highest BCUT2D eigenvalue weighted by Crippen LogP contribution is 2.26. The van der Waals surface area contributed by atoms with Crippen LogP contribution in [0.25, 0.3) is 10.9 Å². The van der Waals surface area contributed by atoms with Gasteiger partial charge in [-0.15, -0.1) is 0 Å². The maximum Gasteiger partial charge on any atom is 0.270 e. The van der Waals surface area contributed by atoms with E-state index in [0.29, 0.717) is 32.2 Å². The Labute approximate surface area is 150 Å². The normalized spacial score (nSPS) is 19.3. The van der Waals surface area contributed by atoms with Crippen LogP contribution in [0, 0.1) is 16.0 Å². The molecular formula is C18H21N3O5. The summed E-state index contributed by atoms with van der Waals surface area (Å²) in [5.74, 6) is 0.419. The molecule has 0 radical (unpaired) electrons. The number of fused-ring (bicyclic) bond motifs is 1. The largest absolute Gasteiger partial charge is 0.350 e. The van der Waals surface area contributed by atoms with Crippen LogP contribution in [0.2, 0.25) is 0 Å². The first-order chi connectivity index (χ1) is 12.6. The third-order valence-electron chi connectivity index (χ3n) is 5.20. The van der Waals surface area contributed by atoms with Crippen molar-refractivity contribution in [3.63, 3.8) is 0 Å². The number of hydrogen-bond acceptors (Lipinski definition) is 5. The molecule has 2 aliphatic heterocycles. The highest BCUT2D eigenvalue weighted by atomic mass is 16.7. The quantitative estimate of drug-likeness (QED) is 0.617. The van der Waals surface area contributed by atoms with Crippen molar-refractivity contribution in [2.75, 3.05) is 26.3 Å². The van der Waals surface area contributed by atoms with E-state index in [-0.39, 0.29) is 24.4 Å². The van der Waals surface area contributed by atoms with Crippen LogP contribution in [-0.2, 0) is 20.8 Å². The van der Waals surface area contributed by atoms with Crippen LogP contribution in [0.5, 0.6) is 0 Å². The Hall–Kier alpha value is -2.45. The van der Waals surface area contributed by atoms with Crippen molar-refractivity contribution in [3.05, 3.63) is 40.6 Å². The number of non-ortho nitro benzene ring substituents is 1. The Kier molecular flexibility index (Phi) is 4.60. The molecular weight excluding hydrogens is 338 g/mol. The molecule has 1 amide bonds. The monoisotopic (exact) mass is 359 g/mol. The first-order valence-electron chi connectivity index (χ1n) is 8.86. The minimum Gasteiger partial charge on any atom is -0.350 e. The number of nitro benzene ring substituents is 1. The highest BCUT2D eigenvalue weighted by Gasteiger charge is 2.31. The standard InChI is InChI=1S/C18H21N3O5/c22-17(19-6-3-13(4-7-19)18-25-9-10-26-18)12-20-8-5-14-11-15(21(23)24)1-2-16(14)20/h1-2,5,8,11,13,18H,3-4,6-7,9-10,12H2. The third kappa shape index (κ3) is 3.30. The molecule has 26 heavy (non-hydrogen) atoms. The summed E-state index contributed by atoms with van der Waals surface area (Å²) in [7, 11) is 0. The van der Waals surface area contributed by atoms with E-state index in [4.69, 9.17) is 9.47 Å². The van der Waals surface area contributed by atoms with Crippen molar-refractivity contribution in [1.29, 1.82) is 0 Å². The molecule has 4 rings (SSSR count). The average Bonchev–Trinajstić information content (AvgIpc) is 3.32. The molecule has 138 valence electrons. The lowest BCUT2D eigenvalue weighted by molar-refractivity contribution is -0.384. The molecule has 0 unspecified atom stereocenters. The predicted octanol–water partition coefficient (Wildman–Crippen LogP) is 2.16. The molecule has 8 nitrogen and oxygen atoms in total. The van der Waals surface area contributed by atoms with Crippen LogP contribution in [0.15, 0.2) is 30.5 Å². The van der Waals surface area contributed by atoms with Gasteiger partial charge in [0.2, 0.25) is 5.91 Å². The van der Waals surface area contributed by atoms with E-state index in [1.165, 1.54) is 12.1 Å². The van der Waals surface area contributed by atoms with Crippen molar-refractivity contribution in [2.24, 2.45) is 5.92 Å². The van der Waals surface area contributed by atoms with Gasteiger partial charge in [-0.2, -0.15) is 0 Å². The van der Waals surface area contributed by atoms with Gasteiger partial charge in [-0.05, 0) is 25.0 Å². The molecule has 0 N–H and O–H groups in total. The zero-order valence-electron chi connectivity index (χ0n) is 14.4. The van der Waals surface area contributed by atoms with Gasteiger partial charge in [-0.3, -0.25) is 14.9 Å². The number of benzene rings is 1. The van der Waals surface area contributed by atoms with Crippen molar-refractivity contribution < 1.29 is 19.2 Å². The van der Waals surface area contributed by atoms with Crippen LogP contribution in [-0.4, -0.2) is 52.9 Å². The molecule has 0 spiro atoms. The number of piperidine rings is 1. The first-order valence-corrected chi connectivity index (χ1v) is 8.86. The lowest BCUT2D eigenvalue weighted by Gasteiger charge is -2.34. The first kappa shape index (κ1) is 17.0. The van der Waals surface area contributed by atoms with Crippen molar-refractivity contribution >= 4 is 22.5 Å². The summed E-state index contributed by atoms with van der Waals surface area (Å²) in [6.07, 6.45) is 3.46. The maximum atomic E-state index is 12.6. The number of nitro groups is 1. The molecule has 2 aromatic rings. The summed E-state index contributed by atoms with van der Waals surface area (Å²) >= 11 is 0. The predicted molar refractivity (Wildman–Crippen MR) is 93.6 cm³/mol. The van der Waals surface area contributed by atoms with Crippen LogP contribution in [0.4, 0.5) is 5.69 Å². The Morgan fingerprint density at radius 1 is 1.19 bits per heavy atom. The fourth-order valence-electron chi connectivity index (χ4n) is 3.75. The molecule has 2 fully saturated rings. The van der Waals surface area contributed by atoms with Crippen molar-refractivity contribution in [2.45, 2.75) is 25.7 Å². The second-order valence-corrected chi connectivity index (χ2v) is 6.77. The van der Waals surface area contributed by atoms with Gasteiger partial charge in [0.05, 0.1) is 18.1 Å². The van der Waals surface area contributed by atoms with Gasteiger partial charge in [0, 0.05) is 48.2 Å². The van der Waals surface area contributed by atoms with Crippen LogP contribution in [0.1, 0.15) is 12.8 Å². The molecule has 8 heteroatoms. The maximum absolute atomic E-state index is 12.6. The lowest BCUT2D eigenvalue weighted by Crippen LogP contribution is -2.42. The Morgan fingerprint density at radius 3 is 2.62 bits per heavy atom. The van der Waals surface area contributed by atoms with Gasteiger partial charge in [0.15, 0.2) is 6.29 Å². The fourth-order valence-corrected chi connectivity index (χ4v) is 3.75. The topological polar surface area (TPSA) is 86.8 Å². The number of carbonyl (C=O) groups excluding carboxylic acids is 1. The Morgan fingerprint density at radius 2 is 1.92 bits per heavy atom. The minimum atomic E-state index is -0.413. The van der Waals surface area contributed by atoms with Crippen LogP contribution >= 0.6 is 0 Å². The zero-order chi connectivity index (χ0) is 18.1. The van der Waals surface area contributed by atoms with Crippen LogP contribution in [0.3, 0.4) is 0 Å². The molecule has 0 atom stereocenters. The second kappa shape index (κ2) is 7.05. The van der Waals surface area contributed by atoms with E-state index in [0.717, 1.165) is 23.7 Å². The number of carbonyl (C=O) groups is 1. The third-order valence-corrected chi connectivity index (χ3v) is 5.20. The number of amides is 1. The van der Waals surface area contributed by atoms with Gasteiger partial charge in [-0.1, -0.05) is 0 Å². The number of rotatable bonds is 4. The van der Waals surface area contributed by atoms with Gasteiger partial charge in [-0.25, -0.2) is 0 Å². The van der Waals surface area contributed by atoms with E-state index in [1.807, 2.05) is 9.47 Å². The summed E-state index contributed by atoms with van der Waals surface area (Å²) in [5, 5.41) is 11.6. The van der Waals surface area contributed by atoms with Gasteiger partial charge in [0.1, 0.15) is 6.54 Å². The van der Waals surface area contributed by atoms with E-state index in [2.05, 4.69) is 0 Å². The summed E-state index contributed by atoms with van der Waals surface area (Å²) in [6, 6.07) is 6.50. The molecule has 0 aliphatic carbocycles.